The zero-order valence-corrected chi connectivity index (χ0v) is 14.2. The lowest BCUT2D eigenvalue weighted by molar-refractivity contribution is -0.129. The highest BCUT2D eigenvalue weighted by atomic mass is 16.5. The van der Waals surface area contributed by atoms with Gasteiger partial charge in [-0.3, -0.25) is 9.59 Å². The SMILES string of the molecule is CC1(C)Cc2cccc(OCCNC(=O)[C@H]3CCC(=O)NC3)c2O1. The molecule has 1 fully saturated rings. The molecule has 1 aromatic carbocycles. The van der Waals surface area contributed by atoms with E-state index in [2.05, 4.69) is 30.5 Å². The predicted octanol–water partition coefficient (Wildman–Crippen LogP) is 1.42. The van der Waals surface area contributed by atoms with Gasteiger partial charge in [-0.15, -0.1) is 0 Å². The van der Waals surface area contributed by atoms with Gasteiger partial charge in [0.2, 0.25) is 11.8 Å². The molecule has 0 aromatic heterocycles. The van der Waals surface area contributed by atoms with Gasteiger partial charge in [-0.05, 0) is 26.3 Å². The average molecular weight is 332 g/mol. The van der Waals surface area contributed by atoms with E-state index in [-0.39, 0.29) is 23.3 Å². The number of rotatable bonds is 5. The van der Waals surface area contributed by atoms with Crippen molar-refractivity contribution in [3.8, 4) is 11.5 Å². The maximum Gasteiger partial charge on any atom is 0.225 e. The number of carbonyl (C=O) groups excluding carboxylic acids is 2. The van der Waals surface area contributed by atoms with Crippen LogP contribution in [0.4, 0.5) is 0 Å². The van der Waals surface area contributed by atoms with Crippen molar-refractivity contribution in [3.63, 3.8) is 0 Å². The Morgan fingerprint density at radius 1 is 1.46 bits per heavy atom. The number of carbonyl (C=O) groups is 2. The standard InChI is InChI=1S/C18H24N2O4/c1-18(2)10-12-4-3-5-14(16(12)24-18)23-9-8-19-17(22)13-6-7-15(21)20-11-13/h3-5,13H,6-11H2,1-2H3,(H,19,22)(H,20,21)/t13-/m0/s1. The van der Waals surface area contributed by atoms with E-state index >= 15 is 0 Å². The molecule has 3 rings (SSSR count). The van der Waals surface area contributed by atoms with Crippen LogP contribution in [0.15, 0.2) is 18.2 Å². The minimum atomic E-state index is -0.207. The quantitative estimate of drug-likeness (QED) is 0.800. The lowest BCUT2D eigenvalue weighted by Crippen LogP contribution is -2.43. The Morgan fingerprint density at radius 2 is 2.29 bits per heavy atom. The number of amides is 2. The second kappa shape index (κ2) is 6.71. The molecule has 2 aliphatic rings. The topological polar surface area (TPSA) is 76.7 Å². The average Bonchev–Trinajstić information content (AvgIpc) is 2.86. The van der Waals surface area contributed by atoms with E-state index < -0.39 is 0 Å². The summed E-state index contributed by atoms with van der Waals surface area (Å²) in [7, 11) is 0. The van der Waals surface area contributed by atoms with E-state index in [9.17, 15) is 9.59 Å². The Morgan fingerprint density at radius 3 is 3.04 bits per heavy atom. The van der Waals surface area contributed by atoms with Crippen LogP contribution < -0.4 is 20.1 Å². The van der Waals surface area contributed by atoms with Gasteiger partial charge < -0.3 is 20.1 Å². The smallest absolute Gasteiger partial charge is 0.225 e. The van der Waals surface area contributed by atoms with Crippen LogP contribution in [0.2, 0.25) is 0 Å². The fraction of sp³-hybridized carbons (Fsp3) is 0.556. The minimum absolute atomic E-state index is 0.0169. The van der Waals surface area contributed by atoms with Gasteiger partial charge in [0.05, 0.1) is 12.5 Å². The van der Waals surface area contributed by atoms with Crippen LogP contribution in [-0.4, -0.2) is 37.1 Å². The third-order valence-corrected chi connectivity index (χ3v) is 4.35. The molecule has 24 heavy (non-hydrogen) atoms. The summed E-state index contributed by atoms with van der Waals surface area (Å²) in [6.45, 7) is 5.34. The molecular weight excluding hydrogens is 308 g/mol. The van der Waals surface area contributed by atoms with Gasteiger partial charge in [0.25, 0.3) is 0 Å². The van der Waals surface area contributed by atoms with Gasteiger partial charge in [-0.25, -0.2) is 0 Å². The van der Waals surface area contributed by atoms with Crippen LogP contribution in [0.25, 0.3) is 0 Å². The predicted molar refractivity (Wildman–Crippen MR) is 89.1 cm³/mol. The third kappa shape index (κ3) is 3.80. The summed E-state index contributed by atoms with van der Waals surface area (Å²) < 4.78 is 11.7. The lowest BCUT2D eigenvalue weighted by atomic mass is 9.98. The summed E-state index contributed by atoms with van der Waals surface area (Å²) >= 11 is 0. The van der Waals surface area contributed by atoms with E-state index in [1.807, 2.05) is 12.1 Å². The molecule has 0 bridgehead atoms. The number of fused-ring (bicyclic) bond motifs is 1. The monoisotopic (exact) mass is 332 g/mol. The molecule has 2 amide bonds. The van der Waals surface area contributed by atoms with Crippen molar-refractivity contribution in [2.75, 3.05) is 19.7 Å². The normalized spacial score (nSPS) is 21.4. The van der Waals surface area contributed by atoms with E-state index in [0.29, 0.717) is 32.5 Å². The van der Waals surface area contributed by atoms with Crippen LogP contribution in [0.5, 0.6) is 11.5 Å². The molecule has 0 radical (unpaired) electrons. The zero-order chi connectivity index (χ0) is 17.2. The van der Waals surface area contributed by atoms with Gasteiger partial charge in [-0.2, -0.15) is 0 Å². The number of nitrogens with one attached hydrogen (secondary N) is 2. The van der Waals surface area contributed by atoms with Gasteiger partial charge >= 0.3 is 0 Å². The van der Waals surface area contributed by atoms with Crippen molar-refractivity contribution in [2.45, 2.75) is 38.7 Å². The van der Waals surface area contributed by atoms with Crippen molar-refractivity contribution in [1.29, 1.82) is 0 Å². The molecule has 6 nitrogen and oxygen atoms in total. The molecule has 0 aliphatic carbocycles. The van der Waals surface area contributed by atoms with Gasteiger partial charge in [0, 0.05) is 24.9 Å². The summed E-state index contributed by atoms with van der Waals surface area (Å²) in [4.78, 5) is 23.2. The molecule has 130 valence electrons. The molecule has 2 heterocycles. The number of benzene rings is 1. The first kappa shape index (κ1) is 16.6. The Hall–Kier alpha value is -2.24. The minimum Gasteiger partial charge on any atom is -0.488 e. The molecule has 0 spiro atoms. The van der Waals surface area contributed by atoms with Gasteiger partial charge in [0.1, 0.15) is 12.2 Å². The van der Waals surface area contributed by atoms with Gasteiger partial charge in [0.15, 0.2) is 11.5 Å². The second-order valence-electron chi connectivity index (χ2n) is 6.96. The zero-order valence-electron chi connectivity index (χ0n) is 14.2. The van der Waals surface area contributed by atoms with Crippen molar-refractivity contribution in [1.82, 2.24) is 10.6 Å². The van der Waals surface area contributed by atoms with Crippen molar-refractivity contribution in [3.05, 3.63) is 23.8 Å². The first-order valence-electron chi connectivity index (χ1n) is 8.43. The molecule has 0 saturated carbocycles. The molecular formula is C18H24N2O4. The van der Waals surface area contributed by atoms with Crippen LogP contribution in [0, 0.1) is 5.92 Å². The molecule has 2 N–H and O–H groups in total. The van der Waals surface area contributed by atoms with E-state index in [1.165, 1.54) is 0 Å². The van der Waals surface area contributed by atoms with Crippen molar-refractivity contribution in [2.24, 2.45) is 5.92 Å². The molecule has 0 unspecified atom stereocenters. The fourth-order valence-electron chi connectivity index (χ4n) is 3.14. The van der Waals surface area contributed by atoms with Crippen LogP contribution in [0.3, 0.4) is 0 Å². The number of ether oxygens (including phenoxy) is 2. The number of hydrogen-bond donors (Lipinski definition) is 2. The summed E-state index contributed by atoms with van der Waals surface area (Å²) in [5.74, 6) is 1.37. The maximum atomic E-state index is 12.0. The van der Waals surface area contributed by atoms with Crippen molar-refractivity contribution < 1.29 is 19.1 Å². The Bertz CT molecular complexity index is 632. The number of para-hydroxylation sites is 1. The Balaban J connectivity index is 1.46. The molecule has 1 atom stereocenters. The molecule has 2 aliphatic heterocycles. The summed E-state index contributed by atoms with van der Waals surface area (Å²) in [6, 6.07) is 5.90. The first-order chi connectivity index (χ1) is 11.4. The Labute approximate surface area is 141 Å². The number of piperidine rings is 1. The second-order valence-corrected chi connectivity index (χ2v) is 6.96. The molecule has 1 aromatic rings. The maximum absolute atomic E-state index is 12.0. The Kier molecular flexibility index (Phi) is 4.64. The molecule has 6 heteroatoms. The van der Waals surface area contributed by atoms with E-state index in [4.69, 9.17) is 9.47 Å². The summed E-state index contributed by atoms with van der Waals surface area (Å²) in [6.07, 6.45) is 1.88. The number of hydrogen-bond acceptors (Lipinski definition) is 4. The van der Waals surface area contributed by atoms with Gasteiger partial charge in [-0.1, -0.05) is 12.1 Å². The van der Waals surface area contributed by atoms with E-state index in [1.54, 1.807) is 0 Å². The largest absolute Gasteiger partial charge is 0.488 e. The summed E-state index contributed by atoms with van der Waals surface area (Å²) in [5, 5.41) is 5.58. The van der Waals surface area contributed by atoms with Crippen LogP contribution >= 0.6 is 0 Å². The van der Waals surface area contributed by atoms with E-state index in [0.717, 1.165) is 23.5 Å². The first-order valence-corrected chi connectivity index (χ1v) is 8.43. The fourth-order valence-corrected chi connectivity index (χ4v) is 3.14. The van der Waals surface area contributed by atoms with Crippen LogP contribution in [0.1, 0.15) is 32.3 Å². The lowest BCUT2D eigenvalue weighted by Gasteiger charge is -2.21. The third-order valence-electron chi connectivity index (χ3n) is 4.35. The highest BCUT2D eigenvalue weighted by Gasteiger charge is 2.32. The van der Waals surface area contributed by atoms with Crippen molar-refractivity contribution >= 4 is 11.8 Å². The highest BCUT2D eigenvalue weighted by molar-refractivity contribution is 5.83. The van der Waals surface area contributed by atoms with Crippen LogP contribution in [-0.2, 0) is 16.0 Å². The molecule has 1 saturated heterocycles. The summed E-state index contributed by atoms with van der Waals surface area (Å²) in [5.41, 5.74) is 0.945. The highest BCUT2D eigenvalue weighted by Crippen LogP contribution is 2.41.